The monoisotopic (exact) mass is 383 g/mol. The third kappa shape index (κ3) is 10.6. The highest BCUT2D eigenvalue weighted by Gasteiger charge is 2.29. The molecule has 1 aliphatic heterocycles. The summed E-state index contributed by atoms with van der Waals surface area (Å²) in [4.78, 5) is 4.20. The fourth-order valence-electron chi connectivity index (χ4n) is 3.52. The highest BCUT2D eigenvalue weighted by molar-refractivity contribution is 7.67. The molecule has 0 aromatic heterocycles. The lowest BCUT2D eigenvalue weighted by Gasteiger charge is -2.22. The smallest absolute Gasteiger partial charge is 0.174 e. The number of rotatable bonds is 17. The topological polar surface area (TPSA) is 38.7 Å². The Morgan fingerprint density at radius 2 is 1.27 bits per heavy atom. The lowest BCUT2D eigenvalue weighted by molar-refractivity contribution is 0.280. The van der Waals surface area contributed by atoms with Gasteiger partial charge < -0.3 is 9.30 Å². The summed E-state index contributed by atoms with van der Waals surface area (Å²) in [6.07, 6.45) is 22.7. The maximum atomic E-state index is 13.6. The van der Waals surface area contributed by atoms with E-state index >= 15 is 0 Å². The average Bonchev–Trinajstić information content (AvgIpc) is 2.67. The van der Waals surface area contributed by atoms with Gasteiger partial charge in [-0.3, -0.25) is 4.99 Å². The molecular weight excluding hydrogens is 341 g/mol. The molecule has 1 rings (SSSR count). The molecule has 0 radical (unpaired) electrons. The molecule has 0 saturated heterocycles. The van der Waals surface area contributed by atoms with E-state index in [1.165, 1.54) is 77.0 Å². The predicted octanol–water partition coefficient (Wildman–Crippen LogP) is 7.75. The van der Waals surface area contributed by atoms with E-state index in [1.807, 2.05) is 0 Å². The van der Waals surface area contributed by atoms with Crippen LogP contribution in [0.4, 0.5) is 0 Å². The largest absolute Gasteiger partial charge is 0.483 e. The predicted molar refractivity (Wildman–Crippen MR) is 116 cm³/mol. The van der Waals surface area contributed by atoms with Crippen LogP contribution in [0.1, 0.15) is 104 Å². The molecule has 0 bridgehead atoms. The molecule has 0 unspecified atom stereocenters. The normalized spacial score (nSPS) is 14.3. The zero-order chi connectivity index (χ0) is 18.9. The van der Waals surface area contributed by atoms with Gasteiger partial charge in [-0.15, -0.1) is 0 Å². The number of unbranched alkanes of at least 4 members (excludes halogenated alkanes) is 12. The maximum Gasteiger partial charge on any atom is 0.174 e. The van der Waals surface area contributed by atoms with E-state index in [1.54, 1.807) is 12.4 Å². The molecule has 0 aliphatic carbocycles. The Bertz CT molecular complexity index is 423. The Morgan fingerprint density at radius 1 is 0.808 bits per heavy atom. The van der Waals surface area contributed by atoms with E-state index in [4.69, 9.17) is 4.74 Å². The SMILES string of the molecule is CCCCCCCCCP(=O)(CCCCCCCCC)C1=CN=CCO1. The maximum absolute atomic E-state index is 13.6. The fourth-order valence-corrected chi connectivity index (χ4v) is 6.24. The van der Waals surface area contributed by atoms with Gasteiger partial charge in [-0.1, -0.05) is 90.9 Å². The highest BCUT2D eigenvalue weighted by Crippen LogP contribution is 2.56. The molecule has 3 nitrogen and oxygen atoms in total. The molecule has 4 heteroatoms. The minimum atomic E-state index is -2.39. The highest BCUT2D eigenvalue weighted by atomic mass is 31.2. The van der Waals surface area contributed by atoms with Crippen molar-refractivity contribution < 1.29 is 9.30 Å². The molecule has 1 heterocycles. The average molecular weight is 384 g/mol. The van der Waals surface area contributed by atoms with E-state index in [9.17, 15) is 4.57 Å². The van der Waals surface area contributed by atoms with Crippen LogP contribution in [0.15, 0.2) is 16.7 Å². The van der Waals surface area contributed by atoms with Gasteiger partial charge in [-0.25, -0.2) is 0 Å². The molecule has 0 aromatic rings. The van der Waals surface area contributed by atoms with Gasteiger partial charge in [0.2, 0.25) is 0 Å². The van der Waals surface area contributed by atoms with Gasteiger partial charge in [0, 0.05) is 18.5 Å². The first-order valence-electron chi connectivity index (χ1n) is 11.2. The summed E-state index contributed by atoms with van der Waals surface area (Å²) in [5, 5.41) is 0. The Balaban J connectivity index is 2.34. The van der Waals surface area contributed by atoms with Crippen molar-refractivity contribution in [1.82, 2.24) is 0 Å². The molecular formula is C22H42NO2P. The Hall–Kier alpha value is -0.560. The van der Waals surface area contributed by atoms with Crippen molar-refractivity contribution in [3.8, 4) is 0 Å². The van der Waals surface area contributed by atoms with Crippen LogP contribution in [0.5, 0.6) is 0 Å². The van der Waals surface area contributed by atoms with Crippen LogP contribution < -0.4 is 0 Å². The molecule has 0 saturated carbocycles. The third-order valence-corrected chi connectivity index (χ3v) is 8.37. The minimum Gasteiger partial charge on any atom is -0.483 e. The summed E-state index contributed by atoms with van der Waals surface area (Å²) in [7, 11) is -2.39. The molecule has 1 aliphatic rings. The van der Waals surface area contributed by atoms with Crippen LogP contribution in [0.3, 0.4) is 0 Å². The van der Waals surface area contributed by atoms with Crippen molar-refractivity contribution >= 4 is 13.4 Å². The van der Waals surface area contributed by atoms with Gasteiger partial charge in [0.25, 0.3) is 0 Å². The second kappa shape index (κ2) is 15.5. The third-order valence-electron chi connectivity index (χ3n) is 5.24. The zero-order valence-electron chi connectivity index (χ0n) is 17.4. The van der Waals surface area contributed by atoms with Crippen molar-refractivity contribution in [3.05, 3.63) is 11.7 Å². The molecule has 0 atom stereocenters. The number of hydrogen-bond donors (Lipinski definition) is 0. The van der Waals surface area contributed by atoms with Gasteiger partial charge in [0.05, 0.1) is 6.20 Å². The molecule has 0 aromatic carbocycles. The lowest BCUT2D eigenvalue weighted by atomic mass is 10.1. The number of nitrogens with zero attached hydrogens (tertiary/aromatic N) is 1. The molecule has 152 valence electrons. The lowest BCUT2D eigenvalue weighted by Crippen LogP contribution is -2.07. The van der Waals surface area contributed by atoms with Gasteiger partial charge in [0.1, 0.15) is 6.61 Å². The van der Waals surface area contributed by atoms with Crippen LogP contribution in [0.2, 0.25) is 0 Å². The first-order chi connectivity index (χ1) is 12.7. The van der Waals surface area contributed by atoms with E-state index in [-0.39, 0.29) is 0 Å². The first-order valence-corrected chi connectivity index (χ1v) is 13.2. The summed E-state index contributed by atoms with van der Waals surface area (Å²) in [5.41, 5.74) is 0.692. The summed E-state index contributed by atoms with van der Waals surface area (Å²) in [6.45, 7) is 4.98. The van der Waals surface area contributed by atoms with Gasteiger partial charge in [0.15, 0.2) is 12.6 Å². The quantitative estimate of drug-likeness (QED) is 0.190. The summed E-state index contributed by atoms with van der Waals surface area (Å²) < 4.78 is 19.3. The van der Waals surface area contributed by atoms with E-state index in [0.29, 0.717) is 12.1 Å². The van der Waals surface area contributed by atoms with E-state index < -0.39 is 7.14 Å². The molecule has 0 fully saturated rings. The minimum absolute atomic E-state index is 0.476. The summed E-state index contributed by atoms with van der Waals surface area (Å²) >= 11 is 0. The van der Waals surface area contributed by atoms with Gasteiger partial charge in [-0.05, 0) is 12.8 Å². The standard InChI is InChI=1S/C22H42NO2P/c1-3-5-7-9-11-13-15-19-26(24,22-21-23-17-18-25-22)20-16-14-12-10-8-6-4-2/h17,21H,3-16,18-20H2,1-2H3. The fraction of sp³-hybridized carbons (Fsp3) is 0.864. The molecule has 0 spiro atoms. The van der Waals surface area contributed by atoms with Gasteiger partial charge >= 0.3 is 0 Å². The summed E-state index contributed by atoms with van der Waals surface area (Å²) in [5.74, 6) is 0. The van der Waals surface area contributed by atoms with Crippen LogP contribution >= 0.6 is 7.14 Å². The van der Waals surface area contributed by atoms with Gasteiger partial charge in [-0.2, -0.15) is 0 Å². The second-order valence-corrected chi connectivity index (χ2v) is 10.8. The van der Waals surface area contributed by atoms with Crippen molar-refractivity contribution in [2.45, 2.75) is 104 Å². The van der Waals surface area contributed by atoms with Crippen molar-refractivity contribution in [2.24, 2.45) is 4.99 Å². The number of aliphatic imine (C=N–C) groups is 1. The second-order valence-electron chi connectivity index (χ2n) is 7.69. The Labute approximate surface area is 162 Å². The Kier molecular flexibility index (Phi) is 14.0. The van der Waals surface area contributed by atoms with Crippen LogP contribution in [-0.4, -0.2) is 25.1 Å². The van der Waals surface area contributed by atoms with Crippen molar-refractivity contribution in [2.75, 3.05) is 18.9 Å². The van der Waals surface area contributed by atoms with Crippen LogP contribution in [0, 0.1) is 0 Å². The number of ether oxygens (including phenoxy) is 1. The zero-order valence-corrected chi connectivity index (χ0v) is 18.3. The van der Waals surface area contributed by atoms with Crippen LogP contribution in [-0.2, 0) is 9.30 Å². The first kappa shape index (κ1) is 23.5. The summed E-state index contributed by atoms with van der Waals surface area (Å²) in [6, 6.07) is 0. The van der Waals surface area contributed by atoms with Crippen molar-refractivity contribution in [1.29, 1.82) is 0 Å². The van der Waals surface area contributed by atoms with Crippen LogP contribution in [0.25, 0.3) is 0 Å². The van der Waals surface area contributed by atoms with E-state index in [0.717, 1.165) is 25.2 Å². The number of hydrogen-bond acceptors (Lipinski definition) is 3. The molecule has 0 amide bonds. The van der Waals surface area contributed by atoms with E-state index in [2.05, 4.69) is 18.8 Å². The molecule has 0 N–H and O–H groups in total. The Morgan fingerprint density at radius 3 is 1.69 bits per heavy atom. The van der Waals surface area contributed by atoms with Crippen molar-refractivity contribution in [3.63, 3.8) is 0 Å². The molecule has 26 heavy (non-hydrogen) atoms.